The van der Waals surface area contributed by atoms with Gasteiger partial charge >= 0.3 is 0 Å². The summed E-state index contributed by atoms with van der Waals surface area (Å²) in [4.78, 5) is 41.3. The Hall–Kier alpha value is -3.50. The Morgan fingerprint density at radius 1 is 0.935 bits per heavy atom. The average Bonchev–Trinajstić information content (AvgIpc) is 3.30. The van der Waals surface area contributed by atoms with Gasteiger partial charge in [0, 0.05) is 12.0 Å². The van der Waals surface area contributed by atoms with Crippen LogP contribution in [0.25, 0.3) is 0 Å². The maximum Gasteiger partial charge on any atom is 0.259 e. The summed E-state index contributed by atoms with van der Waals surface area (Å²) in [6, 6.07) is 15.0. The van der Waals surface area contributed by atoms with E-state index in [2.05, 4.69) is 0 Å². The maximum absolute atomic E-state index is 13.6. The molecule has 156 valence electrons. The van der Waals surface area contributed by atoms with Crippen molar-refractivity contribution in [3.63, 3.8) is 0 Å². The molecule has 3 atom stereocenters. The fourth-order valence-electron chi connectivity index (χ4n) is 5.19. The molecule has 3 aliphatic rings. The molecule has 0 N–H and O–H groups in total. The zero-order chi connectivity index (χ0) is 22.1. The van der Waals surface area contributed by atoms with Crippen molar-refractivity contribution in [1.82, 2.24) is 10.0 Å². The minimum absolute atomic E-state index is 0.141. The molecule has 0 radical (unpaired) electrons. The van der Waals surface area contributed by atoms with Gasteiger partial charge in [0.25, 0.3) is 5.91 Å². The molecule has 3 aliphatic heterocycles. The fraction of sp³-hybridized carbons (Fsp3) is 0.333. The predicted molar refractivity (Wildman–Crippen MR) is 112 cm³/mol. The van der Waals surface area contributed by atoms with Gasteiger partial charge in [-0.25, -0.2) is 9.91 Å². The first-order valence-electron chi connectivity index (χ1n) is 10.3. The van der Waals surface area contributed by atoms with E-state index in [1.807, 2.05) is 56.1 Å². The monoisotopic (exact) mass is 414 g/mol. The second-order valence-electron chi connectivity index (χ2n) is 9.07. The number of hydrogen-bond donors (Lipinski definition) is 0. The third kappa shape index (κ3) is 2.65. The molecule has 0 unspecified atom stereocenters. The Kier molecular flexibility index (Phi) is 4.08. The van der Waals surface area contributed by atoms with Gasteiger partial charge < -0.3 is 0 Å². The molecule has 7 nitrogen and oxygen atoms in total. The Morgan fingerprint density at radius 3 is 2.19 bits per heavy atom. The number of aryl methyl sites for hydroxylation is 1. The van der Waals surface area contributed by atoms with Crippen LogP contribution in [0.15, 0.2) is 48.5 Å². The van der Waals surface area contributed by atoms with Crippen molar-refractivity contribution in [3.8, 4) is 6.07 Å². The topological polar surface area (TPSA) is 84.7 Å². The summed E-state index contributed by atoms with van der Waals surface area (Å²) in [6.07, 6.45) is 0.289. The number of fused-ring (bicyclic) bond motifs is 3. The Balaban J connectivity index is 1.63. The number of rotatable bonds is 2. The molecule has 0 bridgehead atoms. The molecule has 31 heavy (non-hydrogen) atoms. The van der Waals surface area contributed by atoms with Gasteiger partial charge in [-0.1, -0.05) is 29.8 Å². The molecule has 3 amide bonds. The molecule has 5 rings (SSSR count). The van der Waals surface area contributed by atoms with Crippen molar-refractivity contribution in [3.05, 3.63) is 65.2 Å². The summed E-state index contributed by atoms with van der Waals surface area (Å²) < 4.78 is 0. The van der Waals surface area contributed by atoms with E-state index in [-0.39, 0.29) is 18.2 Å². The van der Waals surface area contributed by atoms with E-state index in [1.54, 1.807) is 24.3 Å². The molecule has 0 aromatic heterocycles. The van der Waals surface area contributed by atoms with Crippen LogP contribution in [0.4, 0.5) is 5.69 Å². The molecular weight excluding hydrogens is 392 g/mol. The average molecular weight is 414 g/mol. The number of hydrazine groups is 1. The van der Waals surface area contributed by atoms with E-state index in [0.717, 1.165) is 11.1 Å². The van der Waals surface area contributed by atoms with Gasteiger partial charge in [-0.15, -0.1) is 0 Å². The summed E-state index contributed by atoms with van der Waals surface area (Å²) in [5.74, 6) is -1.54. The molecule has 0 spiro atoms. The molecule has 2 aromatic rings. The molecule has 0 aliphatic carbocycles. The summed E-state index contributed by atoms with van der Waals surface area (Å²) >= 11 is 0. The van der Waals surface area contributed by atoms with Crippen molar-refractivity contribution < 1.29 is 14.4 Å². The SMILES string of the molecule is Cc1ccc([C@@H]2[C@@H]3C(=O)N(c4ccc(C#N)cc4)C(=O)[C@@H]3N3C(=O)CC(C)(C)N23)cc1. The van der Waals surface area contributed by atoms with E-state index in [1.165, 1.54) is 9.91 Å². The Bertz CT molecular complexity index is 1150. The van der Waals surface area contributed by atoms with Crippen molar-refractivity contribution in [2.45, 2.75) is 44.8 Å². The summed E-state index contributed by atoms with van der Waals surface area (Å²) in [5.41, 5.74) is 2.37. The third-order valence-electron chi connectivity index (χ3n) is 6.55. The van der Waals surface area contributed by atoms with Crippen LogP contribution < -0.4 is 4.90 Å². The fourth-order valence-corrected chi connectivity index (χ4v) is 5.19. The van der Waals surface area contributed by atoms with Crippen LogP contribution in [0.5, 0.6) is 0 Å². The largest absolute Gasteiger partial charge is 0.274 e. The van der Waals surface area contributed by atoms with Crippen molar-refractivity contribution >= 4 is 23.4 Å². The summed E-state index contributed by atoms with van der Waals surface area (Å²) in [7, 11) is 0. The maximum atomic E-state index is 13.6. The smallest absolute Gasteiger partial charge is 0.259 e. The van der Waals surface area contributed by atoms with Crippen molar-refractivity contribution in [2.24, 2.45) is 5.92 Å². The van der Waals surface area contributed by atoms with Crippen LogP contribution in [0.1, 0.15) is 43.0 Å². The number of carbonyl (C=O) groups excluding carboxylic acids is 3. The zero-order valence-corrected chi connectivity index (χ0v) is 17.6. The van der Waals surface area contributed by atoms with Crippen LogP contribution in [0.2, 0.25) is 0 Å². The number of benzene rings is 2. The van der Waals surface area contributed by atoms with Crippen LogP contribution in [-0.4, -0.2) is 39.3 Å². The van der Waals surface area contributed by atoms with Gasteiger partial charge in [0.2, 0.25) is 11.8 Å². The normalized spacial score (nSPS) is 26.9. The van der Waals surface area contributed by atoms with E-state index in [9.17, 15) is 14.4 Å². The van der Waals surface area contributed by atoms with Crippen LogP contribution >= 0.6 is 0 Å². The number of anilines is 1. The number of nitrogens with zero attached hydrogens (tertiary/aromatic N) is 4. The van der Waals surface area contributed by atoms with Gasteiger partial charge in [-0.2, -0.15) is 5.26 Å². The van der Waals surface area contributed by atoms with Gasteiger partial charge in [0.1, 0.15) is 6.04 Å². The zero-order valence-electron chi connectivity index (χ0n) is 17.6. The van der Waals surface area contributed by atoms with Crippen molar-refractivity contribution in [1.29, 1.82) is 5.26 Å². The Labute approximate surface area is 180 Å². The third-order valence-corrected chi connectivity index (χ3v) is 6.55. The lowest BCUT2D eigenvalue weighted by molar-refractivity contribution is -0.146. The minimum atomic E-state index is -0.858. The first kappa shape index (κ1) is 19.5. The van der Waals surface area contributed by atoms with E-state index in [0.29, 0.717) is 11.3 Å². The number of imide groups is 1. The molecule has 3 saturated heterocycles. The number of amides is 3. The molecule has 7 heteroatoms. The van der Waals surface area contributed by atoms with Gasteiger partial charge in [-0.05, 0) is 50.6 Å². The lowest BCUT2D eigenvalue weighted by Crippen LogP contribution is -2.49. The van der Waals surface area contributed by atoms with Gasteiger partial charge in [0.05, 0.1) is 29.3 Å². The van der Waals surface area contributed by atoms with Crippen LogP contribution in [0.3, 0.4) is 0 Å². The minimum Gasteiger partial charge on any atom is -0.274 e. The molecule has 3 fully saturated rings. The van der Waals surface area contributed by atoms with E-state index >= 15 is 0 Å². The summed E-state index contributed by atoms with van der Waals surface area (Å²) in [6.45, 7) is 5.94. The highest BCUT2D eigenvalue weighted by Crippen LogP contribution is 2.53. The lowest BCUT2D eigenvalue weighted by atomic mass is 9.86. The highest BCUT2D eigenvalue weighted by Gasteiger charge is 2.68. The molecule has 0 saturated carbocycles. The van der Waals surface area contributed by atoms with Crippen molar-refractivity contribution in [2.75, 3.05) is 4.90 Å². The second kappa shape index (κ2) is 6.50. The first-order valence-corrected chi connectivity index (χ1v) is 10.3. The van der Waals surface area contributed by atoms with Crippen LogP contribution in [-0.2, 0) is 14.4 Å². The van der Waals surface area contributed by atoms with Gasteiger partial charge in [0.15, 0.2) is 0 Å². The van der Waals surface area contributed by atoms with Gasteiger partial charge in [-0.3, -0.25) is 19.4 Å². The van der Waals surface area contributed by atoms with Crippen LogP contribution in [0, 0.1) is 24.2 Å². The summed E-state index contributed by atoms with van der Waals surface area (Å²) in [5, 5.41) is 12.5. The predicted octanol–water partition coefficient (Wildman–Crippen LogP) is 2.71. The number of carbonyl (C=O) groups is 3. The van der Waals surface area contributed by atoms with E-state index in [4.69, 9.17) is 5.26 Å². The second-order valence-corrected chi connectivity index (χ2v) is 9.07. The highest BCUT2D eigenvalue weighted by atomic mass is 16.2. The number of hydrogen-bond acceptors (Lipinski definition) is 5. The standard InChI is InChI=1S/C24H22N4O3/c1-14-4-8-16(9-5-14)20-19-21(27-18(29)12-24(2,3)28(20)27)23(31)26(22(19)30)17-10-6-15(13-25)7-11-17/h4-11,19-21H,12H2,1-3H3/t19-,20+,21+/m0/s1. The van der Waals surface area contributed by atoms with E-state index < -0.39 is 29.4 Å². The quantitative estimate of drug-likeness (QED) is 0.706. The Morgan fingerprint density at radius 2 is 1.58 bits per heavy atom. The molecular formula is C24H22N4O3. The lowest BCUT2D eigenvalue weighted by Gasteiger charge is -2.38. The highest BCUT2D eigenvalue weighted by molar-refractivity contribution is 6.24. The molecule has 3 heterocycles. The molecule has 2 aromatic carbocycles. The first-order chi connectivity index (χ1) is 14.7. The number of nitriles is 1.